The first-order chi connectivity index (χ1) is 11.3. The molecule has 0 aromatic heterocycles. The molecule has 3 nitrogen and oxygen atoms in total. The second-order valence-corrected chi connectivity index (χ2v) is 8.63. The van der Waals surface area contributed by atoms with Gasteiger partial charge >= 0.3 is 0 Å². The van der Waals surface area contributed by atoms with Gasteiger partial charge in [0.05, 0.1) is 16.6 Å². The maximum absolute atomic E-state index is 12.6. The molecule has 2 aromatic carbocycles. The SMILES string of the molecule is CC(=O)[C@@H](CS(=O)(=O)c1ccccc1)c1ccc(CC(C)C)cc1. The van der Waals surface area contributed by atoms with Crippen LogP contribution in [0.25, 0.3) is 0 Å². The summed E-state index contributed by atoms with van der Waals surface area (Å²) in [7, 11) is -3.50. The Labute approximate surface area is 144 Å². The van der Waals surface area contributed by atoms with E-state index < -0.39 is 15.8 Å². The van der Waals surface area contributed by atoms with Crippen molar-refractivity contribution in [3.8, 4) is 0 Å². The van der Waals surface area contributed by atoms with E-state index in [2.05, 4.69) is 13.8 Å². The van der Waals surface area contributed by atoms with E-state index in [9.17, 15) is 13.2 Å². The summed E-state index contributed by atoms with van der Waals surface area (Å²) in [5, 5.41) is 0. The maximum atomic E-state index is 12.6. The van der Waals surface area contributed by atoms with E-state index in [0.29, 0.717) is 5.92 Å². The minimum absolute atomic E-state index is 0.133. The maximum Gasteiger partial charge on any atom is 0.179 e. The summed E-state index contributed by atoms with van der Waals surface area (Å²) in [6, 6.07) is 16.0. The van der Waals surface area contributed by atoms with Crippen molar-refractivity contribution < 1.29 is 13.2 Å². The molecule has 0 saturated heterocycles. The van der Waals surface area contributed by atoms with E-state index in [4.69, 9.17) is 0 Å². The normalized spacial score (nSPS) is 13.0. The Kier molecular flexibility index (Phi) is 5.94. The van der Waals surface area contributed by atoms with Crippen molar-refractivity contribution >= 4 is 15.6 Å². The number of ketones is 1. The Morgan fingerprint density at radius 3 is 2.04 bits per heavy atom. The molecule has 24 heavy (non-hydrogen) atoms. The lowest BCUT2D eigenvalue weighted by Crippen LogP contribution is -2.20. The molecule has 128 valence electrons. The van der Waals surface area contributed by atoms with Crippen molar-refractivity contribution in [2.45, 2.75) is 38.0 Å². The zero-order chi connectivity index (χ0) is 17.7. The molecule has 0 spiro atoms. The minimum Gasteiger partial charge on any atom is -0.299 e. The van der Waals surface area contributed by atoms with Crippen LogP contribution in [-0.2, 0) is 21.1 Å². The number of hydrogen-bond donors (Lipinski definition) is 0. The Morgan fingerprint density at radius 1 is 0.958 bits per heavy atom. The summed E-state index contributed by atoms with van der Waals surface area (Å²) in [5.41, 5.74) is 1.96. The van der Waals surface area contributed by atoms with Crippen molar-refractivity contribution in [2.75, 3.05) is 5.75 Å². The number of carbonyl (C=O) groups excluding carboxylic acids is 1. The fraction of sp³-hybridized carbons (Fsp3) is 0.350. The molecular formula is C20H24O3S. The molecule has 0 amide bonds. The van der Waals surface area contributed by atoms with Gasteiger partial charge in [0.15, 0.2) is 9.84 Å². The summed E-state index contributed by atoms with van der Waals surface area (Å²) in [6.07, 6.45) is 0.966. The van der Waals surface area contributed by atoms with Gasteiger partial charge in [-0.2, -0.15) is 0 Å². The van der Waals surface area contributed by atoms with Crippen LogP contribution in [0.15, 0.2) is 59.5 Å². The Balaban J connectivity index is 2.25. The summed E-state index contributed by atoms with van der Waals surface area (Å²) in [5.74, 6) is -0.414. The van der Waals surface area contributed by atoms with Crippen LogP contribution in [0.2, 0.25) is 0 Å². The molecule has 1 atom stereocenters. The molecule has 0 N–H and O–H groups in total. The molecule has 2 rings (SSSR count). The van der Waals surface area contributed by atoms with Gasteiger partial charge in [-0.15, -0.1) is 0 Å². The number of carbonyl (C=O) groups is 1. The molecule has 0 bridgehead atoms. The quantitative estimate of drug-likeness (QED) is 0.762. The zero-order valence-corrected chi connectivity index (χ0v) is 15.2. The molecule has 0 unspecified atom stereocenters. The van der Waals surface area contributed by atoms with Crippen LogP contribution >= 0.6 is 0 Å². The Hall–Kier alpha value is -1.94. The van der Waals surface area contributed by atoms with E-state index in [1.54, 1.807) is 30.3 Å². The lowest BCUT2D eigenvalue weighted by molar-refractivity contribution is -0.118. The first kappa shape index (κ1) is 18.4. The van der Waals surface area contributed by atoms with Crippen LogP contribution in [0.4, 0.5) is 0 Å². The lowest BCUT2D eigenvalue weighted by Gasteiger charge is -2.16. The largest absolute Gasteiger partial charge is 0.299 e. The van der Waals surface area contributed by atoms with Crippen LogP contribution < -0.4 is 0 Å². The van der Waals surface area contributed by atoms with E-state index in [1.165, 1.54) is 12.5 Å². The monoisotopic (exact) mass is 344 g/mol. The summed E-state index contributed by atoms with van der Waals surface area (Å²) >= 11 is 0. The van der Waals surface area contributed by atoms with Gasteiger partial charge in [-0.1, -0.05) is 56.3 Å². The minimum atomic E-state index is -3.50. The number of rotatable bonds is 7. The predicted octanol–water partition coefficient (Wildman–Crippen LogP) is 4.03. The molecule has 4 heteroatoms. The molecule has 0 saturated carbocycles. The van der Waals surface area contributed by atoms with Crippen molar-refractivity contribution in [1.82, 2.24) is 0 Å². The number of sulfone groups is 1. The van der Waals surface area contributed by atoms with Crippen molar-refractivity contribution in [3.63, 3.8) is 0 Å². The third-order valence-corrected chi connectivity index (χ3v) is 5.77. The molecule has 0 heterocycles. The highest BCUT2D eigenvalue weighted by atomic mass is 32.2. The van der Waals surface area contributed by atoms with Gasteiger partial charge in [0.1, 0.15) is 5.78 Å². The van der Waals surface area contributed by atoms with E-state index >= 15 is 0 Å². The number of benzene rings is 2. The first-order valence-corrected chi connectivity index (χ1v) is 9.82. The molecule has 0 aliphatic carbocycles. The summed E-state index contributed by atoms with van der Waals surface area (Å²) in [6.45, 7) is 5.75. The van der Waals surface area contributed by atoms with Gasteiger partial charge in [0.2, 0.25) is 0 Å². The lowest BCUT2D eigenvalue weighted by atomic mass is 9.94. The standard InChI is InChI=1S/C20H24O3S/c1-15(2)13-17-9-11-18(12-10-17)20(16(3)21)14-24(22,23)19-7-5-4-6-8-19/h4-12,15,20H,13-14H2,1-3H3/t20-/m1/s1. The average molecular weight is 344 g/mol. The van der Waals surface area contributed by atoms with Gasteiger partial charge in [0, 0.05) is 0 Å². The van der Waals surface area contributed by atoms with Gasteiger partial charge in [0.25, 0.3) is 0 Å². The van der Waals surface area contributed by atoms with Crippen molar-refractivity contribution in [3.05, 3.63) is 65.7 Å². The van der Waals surface area contributed by atoms with Crippen molar-refractivity contribution in [2.24, 2.45) is 5.92 Å². The third-order valence-electron chi connectivity index (χ3n) is 4.01. The highest BCUT2D eigenvalue weighted by Crippen LogP contribution is 2.24. The molecule has 0 aliphatic rings. The van der Waals surface area contributed by atoms with Crippen LogP contribution in [0.1, 0.15) is 37.8 Å². The number of Topliss-reactive ketones (excluding diaryl/α,β-unsaturated/α-hetero) is 1. The second kappa shape index (κ2) is 7.75. The fourth-order valence-corrected chi connectivity index (χ4v) is 4.38. The smallest absolute Gasteiger partial charge is 0.179 e. The zero-order valence-electron chi connectivity index (χ0n) is 14.4. The molecule has 0 radical (unpaired) electrons. The van der Waals surface area contributed by atoms with Crippen LogP contribution in [-0.4, -0.2) is 20.0 Å². The first-order valence-electron chi connectivity index (χ1n) is 8.16. The second-order valence-electron chi connectivity index (χ2n) is 6.60. The Bertz CT molecular complexity index is 775. The number of hydrogen-bond acceptors (Lipinski definition) is 3. The molecule has 2 aromatic rings. The highest BCUT2D eigenvalue weighted by molar-refractivity contribution is 7.91. The highest BCUT2D eigenvalue weighted by Gasteiger charge is 2.25. The average Bonchev–Trinajstić information content (AvgIpc) is 2.54. The Morgan fingerprint density at radius 2 is 1.54 bits per heavy atom. The van der Waals surface area contributed by atoms with Gasteiger partial charge in [-0.05, 0) is 42.5 Å². The van der Waals surface area contributed by atoms with E-state index in [0.717, 1.165) is 12.0 Å². The van der Waals surface area contributed by atoms with Crippen molar-refractivity contribution in [1.29, 1.82) is 0 Å². The molecule has 0 aliphatic heterocycles. The molecular weight excluding hydrogens is 320 g/mol. The van der Waals surface area contributed by atoms with Crippen LogP contribution in [0.3, 0.4) is 0 Å². The fourth-order valence-electron chi connectivity index (χ4n) is 2.75. The summed E-state index contributed by atoms with van der Waals surface area (Å²) in [4.78, 5) is 12.3. The molecule has 0 fully saturated rings. The van der Waals surface area contributed by atoms with Gasteiger partial charge in [-0.3, -0.25) is 4.79 Å². The summed E-state index contributed by atoms with van der Waals surface area (Å²) < 4.78 is 25.2. The third kappa shape index (κ3) is 4.78. The van der Waals surface area contributed by atoms with Crippen LogP contribution in [0.5, 0.6) is 0 Å². The van der Waals surface area contributed by atoms with Crippen LogP contribution in [0, 0.1) is 5.92 Å². The van der Waals surface area contributed by atoms with E-state index in [-0.39, 0.29) is 16.4 Å². The topological polar surface area (TPSA) is 51.2 Å². The van der Waals surface area contributed by atoms with E-state index in [1.807, 2.05) is 24.3 Å². The predicted molar refractivity (Wildman–Crippen MR) is 96.9 cm³/mol. The van der Waals surface area contributed by atoms with Gasteiger partial charge in [-0.25, -0.2) is 8.42 Å². The van der Waals surface area contributed by atoms with Gasteiger partial charge < -0.3 is 0 Å².